The minimum atomic E-state index is -1.03. The molecule has 3 rings (SSSR count). The minimum absolute atomic E-state index is 0.0709. The highest BCUT2D eigenvalue weighted by Crippen LogP contribution is 2.36. The molecule has 0 spiro atoms. The van der Waals surface area contributed by atoms with Crippen LogP contribution in [0.1, 0.15) is 24.1 Å². The van der Waals surface area contributed by atoms with Crippen molar-refractivity contribution in [2.75, 3.05) is 13.7 Å². The molecule has 2 aromatic carbocycles. The summed E-state index contributed by atoms with van der Waals surface area (Å²) in [6.45, 7) is 1.73. The van der Waals surface area contributed by atoms with Crippen LogP contribution >= 0.6 is 0 Å². The van der Waals surface area contributed by atoms with Gasteiger partial charge in [0.05, 0.1) is 36.0 Å². The maximum atomic E-state index is 12.8. The molecule has 10 heteroatoms. The molecule has 156 valence electrons. The molecule has 0 aromatic heterocycles. The van der Waals surface area contributed by atoms with Crippen molar-refractivity contribution in [2.45, 2.75) is 13.0 Å². The first-order valence-electron chi connectivity index (χ1n) is 8.96. The van der Waals surface area contributed by atoms with E-state index in [4.69, 9.17) is 9.47 Å². The number of phenols is 1. The number of ether oxygens (including phenoxy) is 2. The van der Waals surface area contributed by atoms with Gasteiger partial charge in [-0.1, -0.05) is 6.07 Å². The Kier molecular flexibility index (Phi) is 5.86. The van der Waals surface area contributed by atoms with E-state index in [-0.39, 0.29) is 23.4 Å². The molecule has 0 radical (unpaired) electrons. The van der Waals surface area contributed by atoms with Gasteiger partial charge in [0.25, 0.3) is 0 Å². The van der Waals surface area contributed by atoms with Gasteiger partial charge in [0.2, 0.25) is 0 Å². The molecule has 0 saturated carbocycles. The second-order valence-electron chi connectivity index (χ2n) is 6.27. The topological polar surface area (TPSA) is 140 Å². The quantitative estimate of drug-likeness (QED) is 0.376. The number of nitro benzene ring substituents is 1. The molecule has 1 unspecified atom stereocenters. The number of hydrogen-bond acceptors (Lipinski definition) is 7. The van der Waals surface area contributed by atoms with E-state index in [2.05, 4.69) is 10.6 Å². The van der Waals surface area contributed by atoms with Gasteiger partial charge in [-0.2, -0.15) is 0 Å². The van der Waals surface area contributed by atoms with Gasteiger partial charge in [-0.3, -0.25) is 10.1 Å². The van der Waals surface area contributed by atoms with Gasteiger partial charge in [-0.05, 0) is 48.4 Å². The molecule has 0 bridgehead atoms. The number of hydrogen-bond donors (Lipinski definition) is 3. The fourth-order valence-corrected chi connectivity index (χ4v) is 3.09. The van der Waals surface area contributed by atoms with Gasteiger partial charge in [0.15, 0.2) is 5.75 Å². The average molecular weight is 413 g/mol. The summed E-state index contributed by atoms with van der Waals surface area (Å²) in [6, 6.07) is 8.66. The first kappa shape index (κ1) is 20.6. The van der Waals surface area contributed by atoms with E-state index in [1.54, 1.807) is 31.2 Å². The summed E-state index contributed by atoms with van der Waals surface area (Å²) in [7, 11) is 1.51. The second-order valence-corrected chi connectivity index (χ2v) is 6.27. The molecule has 0 aliphatic carbocycles. The van der Waals surface area contributed by atoms with Gasteiger partial charge < -0.3 is 25.2 Å². The molecule has 0 saturated heterocycles. The standard InChI is InChI=1S/C20H19N3O7/c1-3-30-19(25)16-17(11-4-7-13(29-2)8-5-11)21-20(26)22-18(16)12-6-9-15(24)14(10-12)23(27)28/h4-10,18,24H,3H2,1-2H3,(H2,21,22,26). The van der Waals surface area contributed by atoms with Crippen molar-refractivity contribution in [1.82, 2.24) is 10.6 Å². The summed E-state index contributed by atoms with van der Waals surface area (Å²) < 4.78 is 10.3. The van der Waals surface area contributed by atoms with Crippen molar-refractivity contribution in [2.24, 2.45) is 0 Å². The van der Waals surface area contributed by atoms with Crippen LogP contribution in [0, 0.1) is 10.1 Å². The van der Waals surface area contributed by atoms with Crippen molar-refractivity contribution in [1.29, 1.82) is 0 Å². The first-order chi connectivity index (χ1) is 14.3. The number of urea groups is 1. The smallest absolute Gasteiger partial charge is 0.338 e. The van der Waals surface area contributed by atoms with Crippen molar-refractivity contribution in [3.8, 4) is 11.5 Å². The fraction of sp³-hybridized carbons (Fsp3) is 0.200. The third-order valence-electron chi connectivity index (χ3n) is 4.48. The molecule has 1 heterocycles. The van der Waals surface area contributed by atoms with Crippen LogP contribution in [-0.4, -0.2) is 35.7 Å². The van der Waals surface area contributed by atoms with E-state index < -0.39 is 34.4 Å². The lowest BCUT2D eigenvalue weighted by molar-refractivity contribution is -0.385. The van der Waals surface area contributed by atoms with E-state index in [9.17, 15) is 24.8 Å². The zero-order valence-corrected chi connectivity index (χ0v) is 16.2. The maximum absolute atomic E-state index is 12.8. The largest absolute Gasteiger partial charge is 0.502 e. The zero-order chi connectivity index (χ0) is 21.8. The van der Waals surface area contributed by atoms with Crippen LogP contribution < -0.4 is 15.4 Å². The van der Waals surface area contributed by atoms with Gasteiger partial charge in [0.1, 0.15) is 5.75 Å². The molecule has 2 aromatic rings. The molecular formula is C20H19N3O7. The SMILES string of the molecule is CCOC(=O)C1=C(c2ccc(OC)cc2)NC(=O)NC1c1ccc(O)c([N+](=O)[O-])c1. The lowest BCUT2D eigenvalue weighted by Gasteiger charge is -2.29. The van der Waals surface area contributed by atoms with Crippen LogP contribution in [0.2, 0.25) is 0 Å². The van der Waals surface area contributed by atoms with Crippen LogP contribution in [0.15, 0.2) is 48.0 Å². The van der Waals surface area contributed by atoms with E-state index in [0.29, 0.717) is 11.3 Å². The number of rotatable bonds is 6. The molecule has 10 nitrogen and oxygen atoms in total. The number of nitrogens with one attached hydrogen (secondary N) is 2. The average Bonchev–Trinajstić information content (AvgIpc) is 2.73. The Balaban J connectivity index is 2.19. The van der Waals surface area contributed by atoms with Crippen molar-refractivity contribution >= 4 is 23.4 Å². The highest BCUT2D eigenvalue weighted by atomic mass is 16.6. The van der Waals surface area contributed by atoms with Gasteiger partial charge in [0, 0.05) is 6.07 Å². The lowest BCUT2D eigenvalue weighted by Crippen LogP contribution is -2.45. The lowest BCUT2D eigenvalue weighted by atomic mass is 9.92. The summed E-state index contributed by atoms with van der Waals surface area (Å²) >= 11 is 0. The van der Waals surface area contributed by atoms with E-state index in [1.165, 1.54) is 13.2 Å². The predicted molar refractivity (Wildman–Crippen MR) is 106 cm³/mol. The summed E-state index contributed by atoms with van der Waals surface area (Å²) in [5.41, 5.74) is 0.493. The number of aromatic hydroxyl groups is 1. The fourth-order valence-electron chi connectivity index (χ4n) is 3.09. The number of amides is 2. The first-order valence-corrected chi connectivity index (χ1v) is 8.96. The highest BCUT2D eigenvalue weighted by molar-refractivity contribution is 6.04. The molecule has 1 aliphatic heterocycles. The zero-order valence-electron chi connectivity index (χ0n) is 16.2. The number of carbonyl (C=O) groups excluding carboxylic acids is 2. The molecule has 1 atom stereocenters. The van der Waals surface area contributed by atoms with Crippen LogP contribution in [0.3, 0.4) is 0 Å². The molecule has 2 amide bonds. The molecule has 30 heavy (non-hydrogen) atoms. The summed E-state index contributed by atoms with van der Waals surface area (Å²) in [4.78, 5) is 35.6. The predicted octanol–water partition coefficient (Wildman–Crippen LogP) is 2.64. The van der Waals surface area contributed by atoms with Gasteiger partial charge in [-0.15, -0.1) is 0 Å². The Morgan fingerprint density at radius 2 is 1.93 bits per heavy atom. The Hall–Kier alpha value is -4.08. The monoisotopic (exact) mass is 413 g/mol. The normalized spacial score (nSPS) is 15.8. The minimum Gasteiger partial charge on any atom is -0.502 e. The third kappa shape index (κ3) is 4.02. The molecular weight excluding hydrogens is 394 g/mol. The van der Waals surface area contributed by atoms with Crippen molar-refractivity contribution in [3.05, 3.63) is 69.3 Å². The van der Waals surface area contributed by atoms with Crippen LogP contribution in [-0.2, 0) is 9.53 Å². The number of nitro groups is 1. The van der Waals surface area contributed by atoms with Crippen LogP contribution in [0.25, 0.3) is 5.70 Å². The van der Waals surface area contributed by atoms with Crippen LogP contribution in [0.4, 0.5) is 10.5 Å². The van der Waals surface area contributed by atoms with Crippen molar-refractivity contribution < 1.29 is 29.1 Å². The number of methoxy groups -OCH3 is 1. The Morgan fingerprint density at radius 3 is 2.53 bits per heavy atom. The number of carbonyl (C=O) groups is 2. The van der Waals surface area contributed by atoms with Crippen molar-refractivity contribution in [3.63, 3.8) is 0 Å². The molecule has 0 fully saturated rings. The Bertz CT molecular complexity index is 1030. The summed E-state index contributed by atoms with van der Waals surface area (Å²) in [5, 5.41) is 26.2. The van der Waals surface area contributed by atoms with E-state index in [0.717, 1.165) is 12.1 Å². The maximum Gasteiger partial charge on any atom is 0.338 e. The van der Waals surface area contributed by atoms with Gasteiger partial charge in [-0.25, -0.2) is 9.59 Å². The Labute approximate surface area is 171 Å². The third-order valence-corrected chi connectivity index (χ3v) is 4.48. The summed E-state index contributed by atoms with van der Waals surface area (Å²) in [6.07, 6.45) is 0. The Morgan fingerprint density at radius 1 is 1.23 bits per heavy atom. The number of phenolic OH excluding ortho intramolecular Hbond substituents is 1. The van der Waals surface area contributed by atoms with E-state index >= 15 is 0 Å². The number of esters is 1. The second kappa shape index (κ2) is 8.52. The van der Waals surface area contributed by atoms with Crippen LogP contribution in [0.5, 0.6) is 11.5 Å². The number of nitrogens with zero attached hydrogens (tertiary/aromatic N) is 1. The molecule has 1 aliphatic rings. The highest BCUT2D eigenvalue weighted by Gasteiger charge is 2.35. The van der Waals surface area contributed by atoms with Gasteiger partial charge >= 0.3 is 17.7 Å². The van der Waals surface area contributed by atoms with E-state index in [1.807, 2.05) is 0 Å². The summed E-state index contributed by atoms with van der Waals surface area (Å²) in [5.74, 6) is -0.638. The number of benzene rings is 2. The molecule has 3 N–H and O–H groups in total.